The first-order valence-electron chi connectivity index (χ1n) is 5.69. The highest BCUT2D eigenvalue weighted by Gasteiger charge is 2.08. The molecule has 16 heavy (non-hydrogen) atoms. The zero-order valence-electron chi connectivity index (χ0n) is 9.59. The normalized spacial score (nSPS) is 17.4. The van der Waals surface area contributed by atoms with Crippen LogP contribution in [-0.4, -0.2) is 37.7 Å². The number of halogens is 1. The van der Waals surface area contributed by atoms with Gasteiger partial charge in [-0.3, -0.25) is 4.90 Å². The van der Waals surface area contributed by atoms with Gasteiger partial charge in [0.1, 0.15) is 0 Å². The van der Waals surface area contributed by atoms with E-state index < -0.39 is 0 Å². The van der Waals surface area contributed by atoms with Gasteiger partial charge in [0.2, 0.25) is 0 Å². The maximum Gasteiger partial charge on any atom is 0.0679 e. The van der Waals surface area contributed by atoms with Gasteiger partial charge in [-0.2, -0.15) is 0 Å². The number of nitrogens with one attached hydrogen (secondary N) is 2. The number of hydrogen-bond acceptors (Lipinski definition) is 3. The van der Waals surface area contributed by atoms with Gasteiger partial charge in [-0.1, -0.05) is 22.0 Å². The quantitative estimate of drug-likeness (QED) is 0.889. The summed E-state index contributed by atoms with van der Waals surface area (Å²) >= 11 is 3.55. The molecule has 0 unspecified atom stereocenters. The van der Waals surface area contributed by atoms with Crippen molar-refractivity contribution in [3.05, 3.63) is 28.2 Å². The molecule has 0 amide bonds. The highest BCUT2D eigenvalue weighted by Crippen LogP contribution is 2.20. The van der Waals surface area contributed by atoms with Crippen molar-refractivity contribution in [2.24, 2.45) is 0 Å². The predicted octanol–water partition coefficient (Wildman–Crippen LogP) is 2.03. The topological polar surface area (TPSA) is 27.3 Å². The van der Waals surface area contributed by atoms with Crippen LogP contribution >= 0.6 is 15.9 Å². The Balaban J connectivity index is 1.86. The molecule has 1 saturated heterocycles. The Labute approximate surface area is 105 Å². The van der Waals surface area contributed by atoms with Crippen LogP contribution in [-0.2, 0) is 0 Å². The van der Waals surface area contributed by atoms with Crippen LogP contribution in [0.3, 0.4) is 0 Å². The van der Waals surface area contributed by atoms with Gasteiger partial charge in [0.25, 0.3) is 0 Å². The second-order valence-corrected chi connectivity index (χ2v) is 5.02. The van der Waals surface area contributed by atoms with Gasteiger partial charge in [0.05, 0.1) is 6.67 Å². The summed E-state index contributed by atoms with van der Waals surface area (Å²) in [7, 11) is 0. The highest BCUT2D eigenvalue weighted by molar-refractivity contribution is 9.10. The average Bonchev–Trinajstić information content (AvgIpc) is 2.32. The molecule has 0 spiro atoms. The monoisotopic (exact) mass is 283 g/mol. The third-order valence-corrected chi connectivity index (χ3v) is 3.74. The summed E-state index contributed by atoms with van der Waals surface area (Å²) in [6, 6.07) is 6.39. The molecular formula is C12H18BrN3. The predicted molar refractivity (Wildman–Crippen MR) is 71.8 cm³/mol. The van der Waals surface area contributed by atoms with Crippen molar-refractivity contribution in [1.82, 2.24) is 10.2 Å². The number of benzene rings is 1. The number of rotatable bonds is 3. The van der Waals surface area contributed by atoms with Gasteiger partial charge >= 0.3 is 0 Å². The van der Waals surface area contributed by atoms with Crippen molar-refractivity contribution in [3.63, 3.8) is 0 Å². The second kappa shape index (κ2) is 5.66. The number of piperazine rings is 1. The average molecular weight is 284 g/mol. The molecule has 0 radical (unpaired) electrons. The van der Waals surface area contributed by atoms with Crippen LogP contribution in [0.25, 0.3) is 0 Å². The fourth-order valence-corrected chi connectivity index (χ4v) is 2.15. The van der Waals surface area contributed by atoms with E-state index in [1.807, 2.05) is 0 Å². The van der Waals surface area contributed by atoms with Crippen LogP contribution in [0.4, 0.5) is 5.69 Å². The Morgan fingerprint density at radius 1 is 1.38 bits per heavy atom. The van der Waals surface area contributed by atoms with Gasteiger partial charge in [-0.25, -0.2) is 0 Å². The van der Waals surface area contributed by atoms with Gasteiger partial charge in [-0.15, -0.1) is 0 Å². The standard InChI is InChI=1S/C12H18BrN3/c1-10-2-3-11(8-12(10)13)15-9-16-6-4-14-5-7-16/h2-3,8,14-15H,4-7,9H2,1H3. The van der Waals surface area contributed by atoms with Crippen molar-refractivity contribution in [3.8, 4) is 0 Å². The van der Waals surface area contributed by atoms with Gasteiger partial charge in [0.15, 0.2) is 0 Å². The van der Waals surface area contributed by atoms with Crippen molar-refractivity contribution < 1.29 is 0 Å². The molecule has 1 aromatic carbocycles. The van der Waals surface area contributed by atoms with E-state index in [4.69, 9.17) is 0 Å². The molecule has 0 saturated carbocycles. The van der Waals surface area contributed by atoms with Gasteiger partial charge < -0.3 is 10.6 Å². The Morgan fingerprint density at radius 2 is 2.12 bits per heavy atom. The lowest BCUT2D eigenvalue weighted by atomic mass is 10.2. The number of nitrogens with zero attached hydrogens (tertiary/aromatic N) is 1. The van der Waals surface area contributed by atoms with E-state index in [-0.39, 0.29) is 0 Å². The molecule has 2 N–H and O–H groups in total. The van der Waals surface area contributed by atoms with Gasteiger partial charge in [-0.05, 0) is 24.6 Å². The summed E-state index contributed by atoms with van der Waals surface area (Å²) < 4.78 is 1.16. The zero-order valence-corrected chi connectivity index (χ0v) is 11.2. The van der Waals surface area contributed by atoms with E-state index in [2.05, 4.69) is 56.6 Å². The SMILES string of the molecule is Cc1ccc(NCN2CCNCC2)cc1Br. The summed E-state index contributed by atoms with van der Waals surface area (Å²) in [4.78, 5) is 2.42. The summed E-state index contributed by atoms with van der Waals surface area (Å²) in [5.41, 5.74) is 2.45. The van der Waals surface area contributed by atoms with Crippen LogP contribution in [0, 0.1) is 6.92 Å². The van der Waals surface area contributed by atoms with Crippen molar-refractivity contribution >= 4 is 21.6 Å². The first-order chi connectivity index (χ1) is 7.75. The summed E-state index contributed by atoms with van der Waals surface area (Å²) in [5, 5.41) is 6.80. The minimum absolute atomic E-state index is 0.928. The number of aryl methyl sites for hydroxylation is 1. The van der Waals surface area contributed by atoms with Crippen LogP contribution in [0.1, 0.15) is 5.56 Å². The van der Waals surface area contributed by atoms with E-state index in [0.717, 1.165) is 37.3 Å². The Kier molecular flexibility index (Phi) is 4.21. The largest absolute Gasteiger partial charge is 0.372 e. The van der Waals surface area contributed by atoms with E-state index >= 15 is 0 Å². The highest BCUT2D eigenvalue weighted by atomic mass is 79.9. The molecule has 1 aromatic rings. The fourth-order valence-electron chi connectivity index (χ4n) is 1.78. The molecule has 2 rings (SSSR count). The third kappa shape index (κ3) is 3.20. The van der Waals surface area contributed by atoms with Crippen LogP contribution in [0.15, 0.2) is 22.7 Å². The lowest BCUT2D eigenvalue weighted by molar-refractivity contribution is 0.256. The van der Waals surface area contributed by atoms with Crippen LogP contribution in [0.5, 0.6) is 0 Å². The van der Waals surface area contributed by atoms with E-state index in [1.165, 1.54) is 11.3 Å². The molecule has 1 fully saturated rings. The van der Waals surface area contributed by atoms with E-state index in [1.54, 1.807) is 0 Å². The molecule has 1 heterocycles. The molecule has 0 atom stereocenters. The van der Waals surface area contributed by atoms with E-state index in [9.17, 15) is 0 Å². The third-order valence-electron chi connectivity index (χ3n) is 2.89. The maximum absolute atomic E-state index is 3.55. The van der Waals surface area contributed by atoms with E-state index in [0.29, 0.717) is 0 Å². The Hall–Kier alpha value is -0.580. The zero-order chi connectivity index (χ0) is 11.4. The van der Waals surface area contributed by atoms with Crippen LogP contribution < -0.4 is 10.6 Å². The smallest absolute Gasteiger partial charge is 0.0679 e. The molecule has 88 valence electrons. The number of anilines is 1. The molecule has 4 heteroatoms. The van der Waals surface area contributed by atoms with Crippen molar-refractivity contribution in [1.29, 1.82) is 0 Å². The molecule has 1 aliphatic rings. The van der Waals surface area contributed by atoms with Crippen molar-refractivity contribution in [2.45, 2.75) is 6.92 Å². The minimum atomic E-state index is 0.928. The van der Waals surface area contributed by atoms with Crippen molar-refractivity contribution in [2.75, 3.05) is 38.2 Å². The minimum Gasteiger partial charge on any atom is -0.372 e. The Morgan fingerprint density at radius 3 is 2.81 bits per heavy atom. The molecule has 1 aliphatic heterocycles. The maximum atomic E-state index is 3.55. The summed E-state index contributed by atoms with van der Waals surface area (Å²) in [6.07, 6.45) is 0. The Bertz CT molecular complexity index is 348. The molecule has 0 aliphatic carbocycles. The van der Waals surface area contributed by atoms with Gasteiger partial charge in [0, 0.05) is 36.3 Å². The molecule has 0 aromatic heterocycles. The molecule has 3 nitrogen and oxygen atoms in total. The number of hydrogen-bond donors (Lipinski definition) is 2. The molecular weight excluding hydrogens is 266 g/mol. The second-order valence-electron chi connectivity index (χ2n) is 4.17. The molecule has 0 bridgehead atoms. The fraction of sp³-hybridized carbons (Fsp3) is 0.500. The first-order valence-corrected chi connectivity index (χ1v) is 6.48. The van der Waals surface area contributed by atoms with Crippen LogP contribution in [0.2, 0.25) is 0 Å². The lowest BCUT2D eigenvalue weighted by Gasteiger charge is -2.27. The first kappa shape index (κ1) is 11.9. The lowest BCUT2D eigenvalue weighted by Crippen LogP contribution is -2.45. The summed E-state index contributed by atoms with van der Waals surface area (Å²) in [5.74, 6) is 0. The summed E-state index contributed by atoms with van der Waals surface area (Å²) in [6.45, 7) is 7.47.